The van der Waals surface area contributed by atoms with Gasteiger partial charge in [-0.2, -0.15) is 9.06 Å². The van der Waals surface area contributed by atoms with Gasteiger partial charge in [-0.05, 0) is 23.2 Å². The van der Waals surface area contributed by atoms with Gasteiger partial charge in [0.1, 0.15) is 7.05 Å². The average Bonchev–Trinajstić information content (AvgIpc) is 2.18. The van der Waals surface area contributed by atoms with Gasteiger partial charge in [-0.3, -0.25) is 0 Å². The number of halogens is 3. The SMILES string of the molecule is C[N+]1=C(Cl)[N+](C)(C(Cl)Cl)CC1. The number of hydrogen-bond donors (Lipinski definition) is 0. The lowest BCUT2D eigenvalue weighted by atomic mass is 10.5. The Hall–Kier alpha value is 0.500. The highest BCUT2D eigenvalue weighted by Gasteiger charge is 2.46. The van der Waals surface area contributed by atoms with E-state index in [1.54, 1.807) is 0 Å². The summed E-state index contributed by atoms with van der Waals surface area (Å²) in [5.41, 5.74) is 0. The Morgan fingerprint density at radius 3 is 2.27 bits per heavy atom. The van der Waals surface area contributed by atoms with Gasteiger partial charge in [0.15, 0.2) is 13.1 Å². The second-order valence-electron chi connectivity index (χ2n) is 2.96. The van der Waals surface area contributed by atoms with Gasteiger partial charge in [0, 0.05) is 0 Å². The first-order chi connectivity index (χ1) is 4.98. The van der Waals surface area contributed by atoms with Crippen LogP contribution in [0, 0.1) is 0 Å². The average molecular weight is 218 g/mol. The van der Waals surface area contributed by atoms with E-state index >= 15 is 0 Å². The molecular formula is C6H11Cl3N2+2. The fraction of sp³-hybridized carbons (Fsp3) is 0.833. The Kier molecular flexibility index (Phi) is 2.70. The van der Waals surface area contributed by atoms with E-state index < -0.39 is 4.96 Å². The molecule has 0 N–H and O–H groups in total. The minimum atomic E-state index is -0.479. The molecule has 1 unspecified atom stereocenters. The van der Waals surface area contributed by atoms with Crippen LogP contribution in [0.15, 0.2) is 0 Å². The molecule has 0 saturated heterocycles. The van der Waals surface area contributed by atoms with Gasteiger partial charge in [-0.25, -0.2) is 0 Å². The van der Waals surface area contributed by atoms with E-state index in [4.69, 9.17) is 34.8 Å². The maximum Gasteiger partial charge on any atom is 0.441 e. The highest BCUT2D eigenvalue weighted by Crippen LogP contribution is 2.24. The lowest BCUT2D eigenvalue weighted by Gasteiger charge is -2.23. The molecule has 0 aromatic heterocycles. The van der Waals surface area contributed by atoms with Crippen molar-refractivity contribution in [3.8, 4) is 0 Å². The summed E-state index contributed by atoms with van der Waals surface area (Å²) < 4.78 is 2.38. The van der Waals surface area contributed by atoms with Gasteiger partial charge in [-0.15, -0.1) is 0 Å². The molecule has 1 atom stereocenters. The van der Waals surface area contributed by atoms with Crippen LogP contribution in [-0.4, -0.2) is 46.5 Å². The van der Waals surface area contributed by atoms with Crippen molar-refractivity contribution in [3.05, 3.63) is 0 Å². The van der Waals surface area contributed by atoms with Crippen molar-refractivity contribution in [2.75, 3.05) is 27.2 Å². The molecule has 1 aliphatic rings. The normalized spacial score (nSPS) is 32.2. The molecule has 1 heterocycles. The highest BCUT2D eigenvalue weighted by molar-refractivity contribution is 6.61. The van der Waals surface area contributed by atoms with E-state index in [2.05, 4.69) is 0 Å². The first-order valence-electron chi connectivity index (χ1n) is 3.36. The third-order valence-corrected chi connectivity index (χ3v) is 3.60. The van der Waals surface area contributed by atoms with Crippen molar-refractivity contribution in [1.82, 2.24) is 0 Å². The molecule has 0 radical (unpaired) electrons. The van der Waals surface area contributed by atoms with Crippen LogP contribution in [-0.2, 0) is 0 Å². The first-order valence-corrected chi connectivity index (χ1v) is 4.61. The Balaban J connectivity index is 2.92. The van der Waals surface area contributed by atoms with Crippen LogP contribution in [0.3, 0.4) is 0 Å². The highest BCUT2D eigenvalue weighted by atomic mass is 35.5. The summed E-state index contributed by atoms with van der Waals surface area (Å²) in [5, 5.41) is 0.708. The minimum Gasteiger partial charge on any atom is -0.194 e. The molecule has 0 bridgehead atoms. The molecule has 0 spiro atoms. The van der Waals surface area contributed by atoms with Crippen LogP contribution < -0.4 is 0 Å². The molecule has 1 aliphatic heterocycles. The number of rotatable bonds is 1. The maximum absolute atomic E-state index is 6.01. The number of quaternary nitrogens is 1. The van der Waals surface area contributed by atoms with Crippen LogP contribution >= 0.6 is 34.8 Å². The van der Waals surface area contributed by atoms with Crippen molar-refractivity contribution in [2.45, 2.75) is 4.96 Å². The summed E-state index contributed by atoms with van der Waals surface area (Å²) in [6.07, 6.45) is 0. The van der Waals surface area contributed by atoms with E-state index in [1.807, 2.05) is 18.7 Å². The monoisotopic (exact) mass is 216 g/mol. The molecule has 0 fully saturated rings. The van der Waals surface area contributed by atoms with E-state index in [-0.39, 0.29) is 0 Å². The molecule has 5 heteroatoms. The van der Waals surface area contributed by atoms with E-state index in [0.717, 1.165) is 13.1 Å². The summed E-state index contributed by atoms with van der Waals surface area (Å²) in [6, 6.07) is 0. The van der Waals surface area contributed by atoms with Gasteiger partial charge < -0.3 is 0 Å². The summed E-state index contributed by atoms with van der Waals surface area (Å²) in [4.78, 5) is -0.479. The fourth-order valence-corrected chi connectivity index (χ4v) is 1.86. The van der Waals surface area contributed by atoms with E-state index in [9.17, 15) is 0 Å². The van der Waals surface area contributed by atoms with Gasteiger partial charge in [0.2, 0.25) is 0 Å². The fourth-order valence-electron chi connectivity index (χ4n) is 1.11. The van der Waals surface area contributed by atoms with Crippen molar-refractivity contribution < 1.29 is 9.06 Å². The Bertz CT molecular complexity index is 202. The second kappa shape index (κ2) is 3.09. The van der Waals surface area contributed by atoms with Crippen molar-refractivity contribution in [1.29, 1.82) is 0 Å². The number of alkyl halides is 2. The molecule has 0 aliphatic carbocycles. The number of nitrogens with zero attached hydrogens (tertiary/aromatic N) is 2. The molecular weight excluding hydrogens is 206 g/mol. The van der Waals surface area contributed by atoms with Crippen LogP contribution in [0.25, 0.3) is 0 Å². The number of amidine groups is 1. The second-order valence-corrected chi connectivity index (χ2v) is 4.35. The lowest BCUT2D eigenvalue weighted by Crippen LogP contribution is -2.48. The van der Waals surface area contributed by atoms with Crippen LogP contribution in [0.2, 0.25) is 0 Å². The van der Waals surface area contributed by atoms with Crippen LogP contribution in [0.4, 0.5) is 0 Å². The first kappa shape index (κ1) is 9.59. The minimum absolute atomic E-state index is 0.418. The molecule has 0 saturated carbocycles. The van der Waals surface area contributed by atoms with Crippen LogP contribution in [0.1, 0.15) is 0 Å². The van der Waals surface area contributed by atoms with E-state index in [1.165, 1.54) is 0 Å². The molecule has 0 amide bonds. The summed E-state index contributed by atoms with van der Waals surface area (Å²) in [5.74, 6) is 0. The smallest absolute Gasteiger partial charge is 0.194 e. The standard InChI is InChI=1S/C6H11Cl3N2/c1-10-3-4-11(2,5(7)8)6(10)9/h5H,3-4H2,1-2H3/q+2. The summed E-state index contributed by atoms with van der Waals surface area (Å²) in [7, 11) is 3.86. The molecule has 0 aromatic rings. The van der Waals surface area contributed by atoms with Crippen LogP contribution in [0.5, 0.6) is 0 Å². The number of hydrogen-bond acceptors (Lipinski definition) is 0. The predicted molar refractivity (Wildman–Crippen MR) is 48.5 cm³/mol. The Labute approximate surface area is 81.5 Å². The van der Waals surface area contributed by atoms with Gasteiger partial charge in [-0.1, -0.05) is 0 Å². The predicted octanol–water partition coefficient (Wildman–Crippen LogP) is 1.44. The van der Waals surface area contributed by atoms with Gasteiger partial charge in [0.05, 0.1) is 18.6 Å². The Morgan fingerprint density at radius 1 is 1.55 bits per heavy atom. The summed E-state index contributed by atoms with van der Waals surface area (Å²) >= 11 is 17.6. The third-order valence-electron chi connectivity index (χ3n) is 2.07. The van der Waals surface area contributed by atoms with Crippen molar-refractivity contribution in [2.24, 2.45) is 0 Å². The lowest BCUT2D eigenvalue weighted by molar-refractivity contribution is -0.812. The topological polar surface area (TPSA) is 3.01 Å². The van der Waals surface area contributed by atoms with E-state index in [0.29, 0.717) is 9.78 Å². The van der Waals surface area contributed by atoms with Gasteiger partial charge in [0.25, 0.3) is 4.96 Å². The zero-order chi connectivity index (χ0) is 8.65. The quantitative estimate of drug-likeness (QED) is 0.271. The Morgan fingerprint density at radius 2 is 2.09 bits per heavy atom. The largest absolute Gasteiger partial charge is 0.441 e. The molecule has 0 aromatic carbocycles. The maximum atomic E-state index is 6.01. The van der Waals surface area contributed by atoms with Gasteiger partial charge >= 0.3 is 5.29 Å². The molecule has 64 valence electrons. The molecule has 1 rings (SSSR count). The molecule has 11 heavy (non-hydrogen) atoms. The zero-order valence-electron chi connectivity index (χ0n) is 6.52. The third kappa shape index (κ3) is 1.50. The van der Waals surface area contributed by atoms with Crippen molar-refractivity contribution >= 4 is 40.1 Å². The zero-order valence-corrected chi connectivity index (χ0v) is 8.79. The number of likely N-dealkylation sites (N-methyl/N-ethyl adjacent to an activating group) is 2. The molecule has 2 nitrogen and oxygen atoms in total. The van der Waals surface area contributed by atoms with Crippen molar-refractivity contribution in [3.63, 3.8) is 0 Å². The summed E-state index contributed by atoms with van der Waals surface area (Å²) in [6.45, 7) is 1.78.